The molecule has 1 amide bonds. The summed E-state index contributed by atoms with van der Waals surface area (Å²) < 4.78 is 11.5. The third-order valence-electron chi connectivity index (χ3n) is 5.27. The Balaban J connectivity index is 1.30. The van der Waals surface area contributed by atoms with Crippen molar-refractivity contribution in [3.05, 3.63) is 18.5 Å². The van der Waals surface area contributed by atoms with Gasteiger partial charge in [-0.25, -0.2) is 4.79 Å². The SMILES string of the molecule is CC(C)(C)OC(=O)N1CCN(CC2CN(c3n[nH]c4cnccc34)CCO2)CC1. The molecule has 0 spiro atoms. The lowest BCUT2D eigenvalue weighted by Crippen LogP contribution is -2.54. The summed E-state index contributed by atoms with van der Waals surface area (Å²) >= 11 is 0. The predicted molar refractivity (Wildman–Crippen MR) is 110 cm³/mol. The molecule has 2 aromatic heterocycles. The zero-order valence-electron chi connectivity index (χ0n) is 17.4. The van der Waals surface area contributed by atoms with Gasteiger partial charge in [0.15, 0.2) is 5.82 Å². The van der Waals surface area contributed by atoms with E-state index in [4.69, 9.17) is 9.47 Å². The van der Waals surface area contributed by atoms with Gasteiger partial charge in [-0.1, -0.05) is 0 Å². The summed E-state index contributed by atoms with van der Waals surface area (Å²) in [5.41, 5.74) is 0.490. The first kappa shape index (κ1) is 19.9. The smallest absolute Gasteiger partial charge is 0.410 e. The minimum Gasteiger partial charge on any atom is -0.444 e. The van der Waals surface area contributed by atoms with Crippen molar-refractivity contribution in [3.63, 3.8) is 0 Å². The highest BCUT2D eigenvalue weighted by Gasteiger charge is 2.29. The molecule has 2 aliphatic rings. The highest BCUT2D eigenvalue weighted by atomic mass is 16.6. The standard InChI is InChI=1S/C20H30N6O3/c1-20(2,3)29-19(27)25-8-6-24(7-9-25)13-15-14-26(10-11-28-15)18-16-4-5-21-12-17(16)22-23-18/h4-5,12,15H,6-11,13-14H2,1-3H3,(H,22,23). The quantitative estimate of drug-likeness (QED) is 0.836. The Kier molecular flexibility index (Phi) is 5.60. The van der Waals surface area contributed by atoms with E-state index in [0.717, 1.165) is 49.4 Å². The first-order chi connectivity index (χ1) is 13.9. The van der Waals surface area contributed by atoms with Crippen LogP contribution in [0.3, 0.4) is 0 Å². The number of ether oxygens (including phenoxy) is 2. The molecule has 29 heavy (non-hydrogen) atoms. The monoisotopic (exact) mass is 402 g/mol. The van der Waals surface area contributed by atoms with E-state index in [1.807, 2.05) is 26.8 Å². The molecule has 2 aliphatic heterocycles. The Hall–Kier alpha value is -2.39. The van der Waals surface area contributed by atoms with Crippen molar-refractivity contribution in [1.29, 1.82) is 0 Å². The maximum absolute atomic E-state index is 12.2. The average molecular weight is 402 g/mol. The molecule has 9 nitrogen and oxygen atoms in total. The Morgan fingerprint density at radius 1 is 1.28 bits per heavy atom. The largest absolute Gasteiger partial charge is 0.444 e. The van der Waals surface area contributed by atoms with Crippen molar-refractivity contribution in [3.8, 4) is 0 Å². The third-order valence-corrected chi connectivity index (χ3v) is 5.27. The Bertz CT molecular complexity index is 840. The summed E-state index contributed by atoms with van der Waals surface area (Å²) in [6.45, 7) is 11.9. The first-order valence-corrected chi connectivity index (χ1v) is 10.2. The molecule has 0 saturated carbocycles. The van der Waals surface area contributed by atoms with Crippen molar-refractivity contribution in [2.24, 2.45) is 0 Å². The third kappa shape index (κ3) is 4.79. The topological polar surface area (TPSA) is 86.8 Å². The van der Waals surface area contributed by atoms with Crippen LogP contribution in [-0.2, 0) is 9.47 Å². The molecule has 1 atom stereocenters. The van der Waals surface area contributed by atoms with Gasteiger partial charge in [0, 0.05) is 57.4 Å². The fourth-order valence-electron chi connectivity index (χ4n) is 3.84. The molecule has 0 bridgehead atoms. The van der Waals surface area contributed by atoms with E-state index >= 15 is 0 Å². The summed E-state index contributed by atoms with van der Waals surface area (Å²) in [6, 6.07) is 1.99. The first-order valence-electron chi connectivity index (χ1n) is 10.2. The van der Waals surface area contributed by atoms with E-state index in [0.29, 0.717) is 19.7 Å². The molecule has 1 N–H and O–H groups in total. The van der Waals surface area contributed by atoms with E-state index in [-0.39, 0.29) is 12.2 Å². The molecule has 1 unspecified atom stereocenters. The van der Waals surface area contributed by atoms with E-state index in [1.165, 1.54) is 0 Å². The molecule has 0 aromatic carbocycles. The number of anilines is 1. The molecule has 9 heteroatoms. The normalized spacial score (nSPS) is 21.6. The lowest BCUT2D eigenvalue weighted by Gasteiger charge is -2.39. The number of aromatic amines is 1. The highest BCUT2D eigenvalue weighted by Crippen LogP contribution is 2.25. The van der Waals surface area contributed by atoms with Gasteiger partial charge in [0.05, 0.1) is 24.4 Å². The fraction of sp³-hybridized carbons (Fsp3) is 0.650. The molecule has 2 fully saturated rings. The predicted octanol–water partition coefficient (Wildman–Crippen LogP) is 1.72. The fourth-order valence-corrected chi connectivity index (χ4v) is 3.84. The summed E-state index contributed by atoms with van der Waals surface area (Å²) in [7, 11) is 0. The second-order valence-corrected chi connectivity index (χ2v) is 8.68. The van der Waals surface area contributed by atoms with E-state index < -0.39 is 5.60 Å². The molecule has 4 rings (SSSR count). The van der Waals surface area contributed by atoms with Crippen LogP contribution in [0.4, 0.5) is 10.6 Å². The summed E-state index contributed by atoms with van der Waals surface area (Å²) in [5.74, 6) is 0.963. The minimum absolute atomic E-state index is 0.116. The summed E-state index contributed by atoms with van der Waals surface area (Å²) in [4.78, 5) is 22.8. The van der Waals surface area contributed by atoms with Crippen molar-refractivity contribution in [1.82, 2.24) is 25.0 Å². The number of amides is 1. The number of aromatic nitrogens is 3. The molecule has 158 valence electrons. The van der Waals surface area contributed by atoms with Gasteiger partial charge < -0.3 is 19.3 Å². The van der Waals surface area contributed by atoms with E-state index in [9.17, 15) is 4.79 Å². The molecule has 0 radical (unpaired) electrons. The molecular weight excluding hydrogens is 372 g/mol. The Morgan fingerprint density at radius 2 is 2.07 bits per heavy atom. The van der Waals surface area contributed by atoms with Crippen molar-refractivity contribution in [2.45, 2.75) is 32.5 Å². The number of hydrogen-bond acceptors (Lipinski definition) is 7. The van der Waals surface area contributed by atoms with Gasteiger partial charge in [-0.3, -0.25) is 15.0 Å². The van der Waals surface area contributed by atoms with E-state index in [2.05, 4.69) is 25.0 Å². The molecular formula is C20H30N6O3. The van der Waals surface area contributed by atoms with Crippen LogP contribution in [0.1, 0.15) is 20.8 Å². The van der Waals surface area contributed by atoms with Crippen molar-refractivity contribution < 1.29 is 14.3 Å². The number of rotatable bonds is 3. The second kappa shape index (κ2) is 8.16. The number of carbonyl (C=O) groups is 1. The maximum Gasteiger partial charge on any atom is 0.410 e. The maximum atomic E-state index is 12.2. The van der Waals surface area contributed by atoms with Crippen LogP contribution in [0, 0.1) is 0 Å². The summed E-state index contributed by atoms with van der Waals surface area (Å²) in [5, 5.41) is 8.64. The van der Waals surface area contributed by atoms with Gasteiger partial charge in [-0.2, -0.15) is 5.10 Å². The van der Waals surface area contributed by atoms with Crippen LogP contribution in [0.5, 0.6) is 0 Å². The lowest BCUT2D eigenvalue weighted by molar-refractivity contribution is -0.00609. The molecule has 0 aliphatic carbocycles. The Labute approximate surface area is 170 Å². The van der Waals surface area contributed by atoms with Gasteiger partial charge >= 0.3 is 6.09 Å². The Morgan fingerprint density at radius 3 is 2.83 bits per heavy atom. The van der Waals surface area contributed by atoms with Crippen LogP contribution in [-0.4, -0.2) is 95.2 Å². The number of nitrogens with zero attached hydrogens (tertiary/aromatic N) is 5. The summed E-state index contributed by atoms with van der Waals surface area (Å²) in [6.07, 6.45) is 3.49. The number of piperazine rings is 1. The van der Waals surface area contributed by atoms with Crippen LogP contribution in [0.2, 0.25) is 0 Å². The molecule has 2 aromatic rings. The number of H-pyrrole nitrogens is 1. The van der Waals surface area contributed by atoms with Crippen LogP contribution in [0.25, 0.3) is 10.9 Å². The zero-order chi connectivity index (χ0) is 20.4. The van der Waals surface area contributed by atoms with Crippen molar-refractivity contribution in [2.75, 3.05) is 57.3 Å². The van der Waals surface area contributed by atoms with E-state index in [1.54, 1.807) is 17.3 Å². The van der Waals surface area contributed by atoms with Gasteiger partial charge in [-0.15, -0.1) is 0 Å². The van der Waals surface area contributed by atoms with Crippen LogP contribution < -0.4 is 4.90 Å². The van der Waals surface area contributed by atoms with Crippen LogP contribution in [0.15, 0.2) is 18.5 Å². The minimum atomic E-state index is -0.458. The number of pyridine rings is 1. The lowest BCUT2D eigenvalue weighted by atomic mass is 10.2. The highest BCUT2D eigenvalue weighted by molar-refractivity contribution is 5.89. The zero-order valence-corrected chi connectivity index (χ0v) is 17.4. The average Bonchev–Trinajstić information content (AvgIpc) is 3.12. The van der Waals surface area contributed by atoms with Gasteiger partial charge in [0.1, 0.15) is 5.60 Å². The number of nitrogens with one attached hydrogen (secondary N) is 1. The number of morpholine rings is 1. The van der Waals surface area contributed by atoms with Gasteiger partial charge in [0.2, 0.25) is 0 Å². The van der Waals surface area contributed by atoms with Crippen molar-refractivity contribution >= 4 is 22.8 Å². The number of carbonyl (C=O) groups excluding carboxylic acids is 1. The number of fused-ring (bicyclic) bond motifs is 1. The van der Waals surface area contributed by atoms with Gasteiger partial charge in [-0.05, 0) is 26.8 Å². The number of hydrogen-bond donors (Lipinski definition) is 1. The second-order valence-electron chi connectivity index (χ2n) is 8.68. The van der Waals surface area contributed by atoms with Gasteiger partial charge in [0.25, 0.3) is 0 Å². The van der Waals surface area contributed by atoms with Crippen LogP contribution >= 0.6 is 0 Å². The molecule has 4 heterocycles. The molecule has 2 saturated heterocycles.